The van der Waals surface area contributed by atoms with Crippen molar-refractivity contribution in [2.24, 2.45) is 0 Å². The van der Waals surface area contributed by atoms with Crippen LogP contribution in [0.25, 0.3) is 11.3 Å². The Balaban J connectivity index is 1.93. The van der Waals surface area contributed by atoms with Crippen LogP contribution in [0.1, 0.15) is 17.1 Å². The lowest BCUT2D eigenvalue weighted by atomic mass is 10.1. The molecule has 0 atom stereocenters. The fraction of sp³-hybridized carbons (Fsp3) is 0.133. The van der Waals surface area contributed by atoms with E-state index in [-0.39, 0.29) is 0 Å². The van der Waals surface area contributed by atoms with Crippen molar-refractivity contribution in [2.75, 3.05) is 0 Å². The van der Waals surface area contributed by atoms with Gasteiger partial charge in [0.25, 0.3) is 0 Å². The Labute approximate surface area is 121 Å². The molecule has 0 aliphatic heterocycles. The molecule has 0 unspecified atom stereocenters. The van der Waals surface area contributed by atoms with Gasteiger partial charge in [0.15, 0.2) is 0 Å². The summed E-state index contributed by atoms with van der Waals surface area (Å²) in [4.78, 5) is 8.04. The predicted octanol–water partition coefficient (Wildman–Crippen LogP) is 4.69. The van der Waals surface area contributed by atoms with Gasteiger partial charge in [-0.05, 0) is 41.4 Å². The third-order valence-electron chi connectivity index (χ3n) is 2.98. The zero-order chi connectivity index (χ0) is 13.2. The largest absolute Gasteiger partial charge is 0.345 e. The maximum absolute atomic E-state index is 6.03. The minimum atomic E-state index is 0.735. The molecule has 0 saturated carbocycles. The third kappa shape index (κ3) is 2.72. The van der Waals surface area contributed by atoms with Crippen molar-refractivity contribution in [3.63, 3.8) is 0 Å². The number of nitrogens with zero attached hydrogens (tertiary/aromatic N) is 1. The minimum absolute atomic E-state index is 0.735. The summed E-state index contributed by atoms with van der Waals surface area (Å²) < 4.78 is 0. The summed E-state index contributed by atoms with van der Waals surface area (Å²) in [6, 6.07) is 9.92. The number of aryl methyl sites for hydroxylation is 1. The molecular formula is C15H13ClN2S. The number of aromatic nitrogens is 2. The highest BCUT2D eigenvalue weighted by molar-refractivity contribution is 7.07. The molecule has 0 amide bonds. The molecule has 3 aromatic rings. The van der Waals surface area contributed by atoms with E-state index in [0.29, 0.717) is 0 Å². The van der Waals surface area contributed by atoms with E-state index in [2.05, 4.69) is 26.8 Å². The maximum atomic E-state index is 6.03. The quantitative estimate of drug-likeness (QED) is 0.744. The Morgan fingerprint density at radius 3 is 2.95 bits per heavy atom. The molecule has 1 N–H and O–H groups in total. The van der Waals surface area contributed by atoms with Crippen LogP contribution in [-0.2, 0) is 6.42 Å². The molecule has 1 aromatic carbocycles. The first-order valence-corrected chi connectivity index (χ1v) is 7.37. The van der Waals surface area contributed by atoms with Crippen LogP contribution in [-0.4, -0.2) is 9.97 Å². The zero-order valence-corrected chi connectivity index (χ0v) is 12.1. The first-order chi connectivity index (χ1) is 9.22. The van der Waals surface area contributed by atoms with E-state index in [0.717, 1.165) is 34.2 Å². The van der Waals surface area contributed by atoms with Crippen molar-refractivity contribution < 1.29 is 0 Å². The molecule has 19 heavy (non-hydrogen) atoms. The van der Waals surface area contributed by atoms with Gasteiger partial charge < -0.3 is 4.98 Å². The molecule has 0 spiro atoms. The minimum Gasteiger partial charge on any atom is -0.345 e. The van der Waals surface area contributed by atoms with E-state index in [1.807, 2.05) is 31.2 Å². The van der Waals surface area contributed by atoms with Crippen LogP contribution in [0.4, 0.5) is 0 Å². The highest BCUT2D eigenvalue weighted by Crippen LogP contribution is 2.24. The first-order valence-electron chi connectivity index (χ1n) is 6.05. The maximum Gasteiger partial charge on any atom is 0.111 e. The summed E-state index contributed by atoms with van der Waals surface area (Å²) in [5.41, 5.74) is 4.40. The normalized spacial score (nSPS) is 10.8. The van der Waals surface area contributed by atoms with E-state index < -0.39 is 0 Å². The smallest absolute Gasteiger partial charge is 0.111 e. The molecule has 96 valence electrons. The molecule has 0 aliphatic rings. The predicted molar refractivity (Wildman–Crippen MR) is 80.9 cm³/mol. The highest BCUT2D eigenvalue weighted by Gasteiger charge is 2.09. The molecule has 2 nitrogen and oxygen atoms in total. The number of imidazole rings is 1. The topological polar surface area (TPSA) is 28.7 Å². The number of aromatic amines is 1. The molecule has 0 radical (unpaired) electrons. The number of hydrogen-bond donors (Lipinski definition) is 1. The molecule has 2 aromatic heterocycles. The van der Waals surface area contributed by atoms with Gasteiger partial charge in [-0.1, -0.05) is 23.7 Å². The number of nitrogens with one attached hydrogen (secondary N) is 1. The fourth-order valence-electron chi connectivity index (χ4n) is 2.11. The number of hydrogen-bond acceptors (Lipinski definition) is 2. The molecule has 4 heteroatoms. The molecule has 2 heterocycles. The Hall–Kier alpha value is -1.58. The number of rotatable bonds is 3. The monoisotopic (exact) mass is 288 g/mol. The van der Waals surface area contributed by atoms with Gasteiger partial charge in [-0.2, -0.15) is 11.3 Å². The van der Waals surface area contributed by atoms with Crippen LogP contribution >= 0.6 is 22.9 Å². The molecule has 3 rings (SSSR count). The average Bonchev–Trinajstić information content (AvgIpc) is 3.00. The van der Waals surface area contributed by atoms with Gasteiger partial charge in [-0.3, -0.25) is 0 Å². The van der Waals surface area contributed by atoms with Gasteiger partial charge in [-0.25, -0.2) is 4.98 Å². The summed E-state index contributed by atoms with van der Waals surface area (Å²) in [6.45, 7) is 2.04. The SMILES string of the molecule is Cc1[nH]c(Cc2ccsc2)nc1-c1cccc(Cl)c1. The van der Waals surface area contributed by atoms with Crippen molar-refractivity contribution in [2.45, 2.75) is 13.3 Å². The van der Waals surface area contributed by atoms with Gasteiger partial charge in [0, 0.05) is 22.7 Å². The van der Waals surface area contributed by atoms with Crippen molar-refractivity contribution >= 4 is 22.9 Å². The van der Waals surface area contributed by atoms with Crippen LogP contribution in [0.3, 0.4) is 0 Å². The third-order valence-corrected chi connectivity index (χ3v) is 3.95. The van der Waals surface area contributed by atoms with E-state index >= 15 is 0 Å². The van der Waals surface area contributed by atoms with Crippen molar-refractivity contribution in [1.82, 2.24) is 9.97 Å². The standard InChI is InChI=1S/C15H13ClN2S/c1-10-15(12-3-2-4-13(16)8-12)18-14(17-10)7-11-5-6-19-9-11/h2-6,8-9H,7H2,1H3,(H,17,18). The first kappa shape index (κ1) is 12.5. The Bertz CT molecular complexity index is 686. The van der Waals surface area contributed by atoms with E-state index in [1.54, 1.807) is 11.3 Å². The second-order valence-corrected chi connectivity index (χ2v) is 5.69. The number of H-pyrrole nitrogens is 1. The van der Waals surface area contributed by atoms with Crippen LogP contribution in [0.2, 0.25) is 5.02 Å². The van der Waals surface area contributed by atoms with Gasteiger partial charge in [-0.15, -0.1) is 0 Å². The summed E-state index contributed by atoms with van der Waals surface area (Å²) in [5.74, 6) is 0.992. The van der Waals surface area contributed by atoms with Crippen molar-refractivity contribution in [3.8, 4) is 11.3 Å². The van der Waals surface area contributed by atoms with Gasteiger partial charge in [0.1, 0.15) is 5.82 Å². The summed E-state index contributed by atoms with van der Waals surface area (Å²) in [6.07, 6.45) is 0.838. The Morgan fingerprint density at radius 1 is 1.32 bits per heavy atom. The average molecular weight is 289 g/mol. The molecular weight excluding hydrogens is 276 g/mol. The second-order valence-electron chi connectivity index (χ2n) is 4.48. The van der Waals surface area contributed by atoms with Crippen molar-refractivity contribution in [1.29, 1.82) is 0 Å². The molecule has 0 aliphatic carbocycles. The van der Waals surface area contributed by atoms with Crippen LogP contribution in [0, 0.1) is 6.92 Å². The van der Waals surface area contributed by atoms with Crippen LogP contribution in [0.5, 0.6) is 0 Å². The number of benzene rings is 1. The lowest BCUT2D eigenvalue weighted by Crippen LogP contribution is -1.88. The number of halogens is 1. The molecule has 0 bridgehead atoms. The highest BCUT2D eigenvalue weighted by atomic mass is 35.5. The molecule has 0 saturated heterocycles. The van der Waals surface area contributed by atoms with Crippen LogP contribution < -0.4 is 0 Å². The summed E-state index contributed by atoms with van der Waals surface area (Å²) in [7, 11) is 0. The second kappa shape index (κ2) is 5.19. The summed E-state index contributed by atoms with van der Waals surface area (Å²) in [5, 5.41) is 4.97. The van der Waals surface area contributed by atoms with Gasteiger partial charge >= 0.3 is 0 Å². The molecule has 0 fully saturated rings. The van der Waals surface area contributed by atoms with E-state index in [4.69, 9.17) is 11.6 Å². The van der Waals surface area contributed by atoms with Gasteiger partial charge in [0.05, 0.1) is 5.69 Å². The Morgan fingerprint density at radius 2 is 2.21 bits per heavy atom. The van der Waals surface area contributed by atoms with E-state index in [1.165, 1.54) is 5.56 Å². The summed E-state index contributed by atoms with van der Waals surface area (Å²) >= 11 is 7.74. The lowest BCUT2D eigenvalue weighted by molar-refractivity contribution is 1.02. The number of thiophene rings is 1. The van der Waals surface area contributed by atoms with Crippen LogP contribution in [0.15, 0.2) is 41.1 Å². The fourth-order valence-corrected chi connectivity index (χ4v) is 2.97. The lowest BCUT2D eigenvalue weighted by Gasteiger charge is -1.98. The Kier molecular flexibility index (Phi) is 3.40. The van der Waals surface area contributed by atoms with Crippen molar-refractivity contribution in [3.05, 3.63) is 63.2 Å². The zero-order valence-electron chi connectivity index (χ0n) is 10.5. The van der Waals surface area contributed by atoms with Gasteiger partial charge in [0.2, 0.25) is 0 Å². The van der Waals surface area contributed by atoms with E-state index in [9.17, 15) is 0 Å².